The Labute approximate surface area is 128 Å². The van der Waals surface area contributed by atoms with Crippen molar-refractivity contribution in [2.75, 3.05) is 11.9 Å². The van der Waals surface area contributed by atoms with E-state index < -0.39 is 0 Å². The van der Waals surface area contributed by atoms with Gasteiger partial charge >= 0.3 is 0 Å². The summed E-state index contributed by atoms with van der Waals surface area (Å²) >= 11 is 1.90. The highest BCUT2D eigenvalue weighted by atomic mass is 32.2. The van der Waals surface area contributed by atoms with Gasteiger partial charge < -0.3 is 9.88 Å². The molecule has 1 aliphatic heterocycles. The number of nitrogens with one attached hydrogen (secondary N) is 1. The zero-order chi connectivity index (χ0) is 14.2. The first-order chi connectivity index (χ1) is 10.3. The van der Waals surface area contributed by atoms with E-state index in [0.29, 0.717) is 5.37 Å². The van der Waals surface area contributed by atoms with Crippen molar-refractivity contribution in [3.8, 4) is 0 Å². The fourth-order valence-corrected chi connectivity index (χ4v) is 3.96. The summed E-state index contributed by atoms with van der Waals surface area (Å²) in [5.41, 5.74) is 3.75. The summed E-state index contributed by atoms with van der Waals surface area (Å²) in [7, 11) is 2.16. The van der Waals surface area contributed by atoms with Gasteiger partial charge in [0, 0.05) is 29.0 Å². The number of fused-ring (bicyclic) bond motifs is 2. The molecular formula is C18H16N2S. The molecule has 1 aromatic heterocycles. The number of likely N-dealkylation sites (N-methyl/N-ethyl adjacent to an activating group) is 1. The van der Waals surface area contributed by atoms with Crippen LogP contribution < -0.4 is 4.90 Å². The van der Waals surface area contributed by atoms with Crippen LogP contribution in [0, 0.1) is 0 Å². The summed E-state index contributed by atoms with van der Waals surface area (Å²) in [6.07, 6.45) is 6.58. The summed E-state index contributed by atoms with van der Waals surface area (Å²) in [4.78, 5) is 7.00. The number of hydrogen-bond acceptors (Lipinski definition) is 2. The summed E-state index contributed by atoms with van der Waals surface area (Å²) < 4.78 is 0. The first-order valence-corrected chi connectivity index (χ1v) is 7.94. The maximum absolute atomic E-state index is 3.32. The number of benzene rings is 2. The molecule has 0 saturated carbocycles. The van der Waals surface area contributed by atoms with Crippen LogP contribution in [-0.4, -0.2) is 17.4 Å². The molecule has 0 radical (unpaired) electrons. The Hall–Kier alpha value is -2.13. The fraction of sp³-hybridized carbons (Fsp3) is 0.111. The van der Waals surface area contributed by atoms with Crippen molar-refractivity contribution in [3.05, 3.63) is 66.4 Å². The van der Waals surface area contributed by atoms with E-state index in [2.05, 4.69) is 83.8 Å². The molecule has 2 aromatic carbocycles. The maximum Gasteiger partial charge on any atom is 0.0983 e. The number of aromatic amines is 1. The molecule has 0 fully saturated rings. The van der Waals surface area contributed by atoms with Gasteiger partial charge in [0.2, 0.25) is 0 Å². The normalized spacial score (nSPS) is 17.8. The van der Waals surface area contributed by atoms with E-state index in [-0.39, 0.29) is 0 Å². The van der Waals surface area contributed by atoms with E-state index in [1.165, 1.54) is 27.0 Å². The number of nitrogens with zero attached hydrogens (tertiary/aromatic N) is 1. The van der Waals surface area contributed by atoms with Crippen LogP contribution in [0.4, 0.5) is 5.69 Å². The van der Waals surface area contributed by atoms with Crippen LogP contribution in [0.25, 0.3) is 17.0 Å². The molecule has 3 heteroatoms. The van der Waals surface area contributed by atoms with Crippen LogP contribution in [0.15, 0.2) is 65.7 Å². The first kappa shape index (κ1) is 12.6. The molecule has 1 N–H and O–H groups in total. The van der Waals surface area contributed by atoms with Gasteiger partial charge in [-0.05, 0) is 23.8 Å². The lowest BCUT2D eigenvalue weighted by molar-refractivity contribution is 0.993. The van der Waals surface area contributed by atoms with Gasteiger partial charge in [0.15, 0.2) is 0 Å². The lowest BCUT2D eigenvalue weighted by Crippen LogP contribution is -2.21. The van der Waals surface area contributed by atoms with E-state index >= 15 is 0 Å². The zero-order valence-corrected chi connectivity index (χ0v) is 12.6. The maximum atomic E-state index is 3.32. The third-order valence-electron chi connectivity index (χ3n) is 3.94. The van der Waals surface area contributed by atoms with Crippen molar-refractivity contribution < 1.29 is 0 Å². The number of H-pyrrole nitrogens is 1. The highest BCUT2D eigenvalue weighted by Crippen LogP contribution is 2.42. The van der Waals surface area contributed by atoms with Gasteiger partial charge in [-0.3, -0.25) is 0 Å². The Balaban J connectivity index is 1.62. The molecule has 21 heavy (non-hydrogen) atoms. The Bertz CT molecular complexity index is 819. The topological polar surface area (TPSA) is 19.0 Å². The summed E-state index contributed by atoms with van der Waals surface area (Å²) in [6.45, 7) is 0. The molecule has 0 bridgehead atoms. The van der Waals surface area contributed by atoms with Gasteiger partial charge in [0.1, 0.15) is 0 Å². The average molecular weight is 292 g/mol. The second-order valence-corrected chi connectivity index (χ2v) is 6.39. The number of para-hydroxylation sites is 2. The quantitative estimate of drug-likeness (QED) is 0.735. The van der Waals surface area contributed by atoms with E-state index in [9.17, 15) is 0 Å². The van der Waals surface area contributed by atoms with E-state index in [4.69, 9.17) is 0 Å². The van der Waals surface area contributed by atoms with Crippen LogP contribution in [0.3, 0.4) is 0 Å². The highest BCUT2D eigenvalue weighted by Gasteiger charge is 2.24. The molecule has 2 heterocycles. The molecule has 0 spiro atoms. The van der Waals surface area contributed by atoms with Crippen LogP contribution in [-0.2, 0) is 0 Å². The summed E-state index contributed by atoms with van der Waals surface area (Å²) in [5.74, 6) is 0. The van der Waals surface area contributed by atoms with E-state index in [0.717, 1.165) is 0 Å². The van der Waals surface area contributed by atoms with Crippen molar-refractivity contribution in [3.63, 3.8) is 0 Å². The fourth-order valence-electron chi connectivity index (χ4n) is 2.78. The second-order valence-electron chi connectivity index (χ2n) is 5.24. The summed E-state index contributed by atoms with van der Waals surface area (Å²) in [6, 6.07) is 17.0. The Morgan fingerprint density at radius 1 is 1.10 bits per heavy atom. The standard InChI is InChI=1S/C18H16N2S/c1-20-16-8-4-5-9-17(16)21-18(20)11-10-13-12-19-15-7-3-2-6-14(13)15/h2-12,18-19H,1H3. The molecular weight excluding hydrogens is 276 g/mol. The smallest absolute Gasteiger partial charge is 0.0983 e. The lowest BCUT2D eigenvalue weighted by Gasteiger charge is -2.18. The number of thioether (sulfide) groups is 1. The molecule has 104 valence electrons. The zero-order valence-electron chi connectivity index (χ0n) is 11.8. The Morgan fingerprint density at radius 3 is 2.81 bits per heavy atom. The monoisotopic (exact) mass is 292 g/mol. The van der Waals surface area contributed by atoms with Crippen LogP contribution in [0.2, 0.25) is 0 Å². The third-order valence-corrected chi connectivity index (χ3v) is 5.25. The minimum Gasteiger partial charge on any atom is -0.361 e. The molecule has 0 aliphatic carbocycles. The van der Waals surface area contributed by atoms with Crippen molar-refractivity contribution in [1.82, 2.24) is 4.98 Å². The molecule has 1 unspecified atom stereocenters. The molecule has 0 saturated heterocycles. The number of aromatic nitrogens is 1. The molecule has 3 aromatic rings. The third kappa shape index (κ3) is 2.14. The molecule has 1 atom stereocenters. The van der Waals surface area contributed by atoms with E-state index in [1.54, 1.807) is 0 Å². The largest absolute Gasteiger partial charge is 0.361 e. The highest BCUT2D eigenvalue weighted by molar-refractivity contribution is 8.00. The minimum absolute atomic E-state index is 0.357. The van der Waals surface area contributed by atoms with Gasteiger partial charge in [-0.1, -0.05) is 54.2 Å². The lowest BCUT2D eigenvalue weighted by atomic mass is 10.1. The van der Waals surface area contributed by atoms with Crippen molar-refractivity contribution in [2.45, 2.75) is 10.3 Å². The predicted molar refractivity (Wildman–Crippen MR) is 91.8 cm³/mol. The van der Waals surface area contributed by atoms with Crippen molar-refractivity contribution >= 4 is 34.4 Å². The molecule has 4 rings (SSSR count). The SMILES string of the molecule is CN1c2ccccc2SC1C=Cc1c[nH]c2ccccc12. The van der Waals surface area contributed by atoms with Crippen molar-refractivity contribution in [2.24, 2.45) is 0 Å². The first-order valence-electron chi connectivity index (χ1n) is 7.06. The number of hydrogen-bond donors (Lipinski definition) is 1. The number of anilines is 1. The van der Waals surface area contributed by atoms with Crippen LogP contribution in [0.5, 0.6) is 0 Å². The van der Waals surface area contributed by atoms with Gasteiger partial charge in [-0.25, -0.2) is 0 Å². The van der Waals surface area contributed by atoms with Crippen molar-refractivity contribution in [1.29, 1.82) is 0 Å². The van der Waals surface area contributed by atoms with Gasteiger partial charge in [0.05, 0.1) is 11.1 Å². The molecule has 0 amide bonds. The number of rotatable bonds is 2. The average Bonchev–Trinajstić information content (AvgIpc) is 3.07. The summed E-state index contributed by atoms with van der Waals surface area (Å²) in [5, 5.41) is 1.63. The van der Waals surface area contributed by atoms with Gasteiger partial charge in [-0.15, -0.1) is 0 Å². The minimum atomic E-state index is 0.357. The predicted octanol–water partition coefficient (Wildman–Crippen LogP) is 4.75. The van der Waals surface area contributed by atoms with Crippen LogP contribution in [0.1, 0.15) is 5.56 Å². The molecule has 2 nitrogen and oxygen atoms in total. The van der Waals surface area contributed by atoms with Gasteiger partial charge in [0.25, 0.3) is 0 Å². The second kappa shape index (κ2) is 5.01. The molecule has 1 aliphatic rings. The van der Waals surface area contributed by atoms with Gasteiger partial charge in [-0.2, -0.15) is 0 Å². The Morgan fingerprint density at radius 2 is 1.90 bits per heavy atom. The van der Waals surface area contributed by atoms with Crippen LogP contribution >= 0.6 is 11.8 Å². The van der Waals surface area contributed by atoms with E-state index in [1.807, 2.05) is 11.8 Å². The Kier molecular flexibility index (Phi) is 3.00.